The van der Waals surface area contributed by atoms with Gasteiger partial charge in [0, 0.05) is 12.6 Å². The van der Waals surface area contributed by atoms with Crippen LogP contribution in [0.2, 0.25) is 0 Å². The van der Waals surface area contributed by atoms with Crippen LogP contribution in [-0.4, -0.2) is 25.0 Å². The SMILES string of the molecule is Cl.O=C(NC1CC1)C1CCNC1. The smallest absolute Gasteiger partial charge is 0.224 e. The highest BCUT2D eigenvalue weighted by Crippen LogP contribution is 2.20. The molecule has 2 N–H and O–H groups in total. The Bertz CT molecular complexity index is 164. The van der Waals surface area contributed by atoms with Crippen molar-refractivity contribution in [2.75, 3.05) is 13.1 Å². The molecule has 0 spiro atoms. The van der Waals surface area contributed by atoms with Gasteiger partial charge in [0.05, 0.1) is 5.92 Å². The van der Waals surface area contributed by atoms with Gasteiger partial charge in [0.15, 0.2) is 0 Å². The number of hydrogen-bond acceptors (Lipinski definition) is 2. The van der Waals surface area contributed by atoms with Gasteiger partial charge < -0.3 is 10.6 Å². The zero-order valence-corrected chi connectivity index (χ0v) is 7.82. The van der Waals surface area contributed by atoms with Crippen LogP contribution in [0.5, 0.6) is 0 Å². The molecule has 0 bridgehead atoms. The van der Waals surface area contributed by atoms with E-state index in [4.69, 9.17) is 0 Å². The largest absolute Gasteiger partial charge is 0.353 e. The van der Waals surface area contributed by atoms with Crippen LogP contribution in [0, 0.1) is 5.92 Å². The van der Waals surface area contributed by atoms with Crippen LogP contribution < -0.4 is 10.6 Å². The van der Waals surface area contributed by atoms with Crippen molar-refractivity contribution in [3.63, 3.8) is 0 Å². The van der Waals surface area contributed by atoms with E-state index in [9.17, 15) is 4.79 Å². The second kappa shape index (κ2) is 4.10. The monoisotopic (exact) mass is 190 g/mol. The zero-order chi connectivity index (χ0) is 7.68. The maximum atomic E-state index is 11.3. The van der Waals surface area contributed by atoms with E-state index in [0.29, 0.717) is 6.04 Å². The molecule has 70 valence electrons. The first kappa shape index (κ1) is 9.81. The summed E-state index contributed by atoms with van der Waals surface area (Å²) in [5, 5.41) is 6.20. The fourth-order valence-electron chi connectivity index (χ4n) is 1.43. The lowest BCUT2D eigenvalue weighted by molar-refractivity contribution is -0.124. The number of amides is 1. The summed E-state index contributed by atoms with van der Waals surface area (Å²) in [5.41, 5.74) is 0. The molecule has 12 heavy (non-hydrogen) atoms. The second-order valence-electron chi connectivity index (χ2n) is 3.47. The third-order valence-corrected chi connectivity index (χ3v) is 2.35. The van der Waals surface area contributed by atoms with E-state index in [1.165, 1.54) is 12.8 Å². The van der Waals surface area contributed by atoms with E-state index in [2.05, 4.69) is 10.6 Å². The van der Waals surface area contributed by atoms with Gasteiger partial charge in [0.25, 0.3) is 0 Å². The van der Waals surface area contributed by atoms with E-state index in [-0.39, 0.29) is 24.2 Å². The van der Waals surface area contributed by atoms with E-state index < -0.39 is 0 Å². The number of nitrogens with one attached hydrogen (secondary N) is 2. The summed E-state index contributed by atoms with van der Waals surface area (Å²) in [6.07, 6.45) is 3.39. The molecule has 1 aliphatic carbocycles. The third kappa shape index (κ3) is 2.35. The Kier molecular flexibility index (Phi) is 3.35. The van der Waals surface area contributed by atoms with Gasteiger partial charge in [-0.05, 0) is 25.8 Å². The van der Waals surface area contributed by atoms with Gasteiger partial charge >= 0.3 is 0 Å². The highest BCUT2D eigenvalue weighted by atomic mass is 35.5. The number of carbonyl (C=O) groups is 1. The Morgan fingerprint density at radius 2 is 2.08 bits per heavy atom. The average Bonchev–Trinajstić information content (AvgIpc) is 2.67. The minimum Gasteiger partial charge on any atom is -0.353 e. The van der Waals surface area contributed by atoms with E-state index in [1.54, 1.807) is 0 Å². The first-order valence-electron chi connectivity index (χ1n) is 4.37. The molecule has 2 rings (SSSR count). The van der Waals surface area contributed by atoms with Crippen molar-refractivity contribution in [1.29, 1.82) is 0 Å². The first-order chi connectivity index (χ1) is 5.36. The second-order valence-corrected chi connectivity index (χ2v) is 3.47. The molecule has 1 saturated heterocycles. The van der Waals surface area contributed by atoms with Crippen LogP contribution in [-0.2, 0) is 4.79 Å². The Morgan fingerprint density at radius 1 is 1.33 bits per heavy atom. The first-order valence-corrected chi connectivity index (χ1v) is 4.37. The Hall–Kier alpha value is -0.280. The van der Waals surface area contributed by atoms with E-state index in [0.717, 1.165) is 19.5 Å². The van der Waals surface area contributed by atoms with Gasteiger partial charge in [-0.15, -0.1) is 12.4 Å². The van der Waals surface area contributed by atoms with Gasteiger partial charge in [0.1, 0.15) is 0 Å². The highest BCUT2D eigenvalue weighted by Gasteiger charge is 2.28. The molecule has 1 aliphatic heterocycles. The van der Waals surface area contributed by atoms with Crippen molar-refractivity contribution in [2.45, 2.75) is 25.3 Å². The van der Waals surface area contributed by atoms with E-state index >= 15 is 0 Å². The van der Waals surface area contributed by atoms with Crippen LogP contribution in [0.25, 0.3) is 0 Å². The quantitative estimate of drug-likeness (QED) is 0.658. The van der Waals surface area contributed by atoms with Crippen LogP contribution in [0.1, 0.15) is 19.3 Å². The summed E-state index contributed by atoms with van der Waals surface area (Å²) >= 11 is 0. The third-order valence-electron chi connectivity index (χ3n) is 2.35. The molecule has 2 aliphatic rings. The maximum absolute atomic E-state index is 11.3. The van der Waals surface area contributed by atoms with Crippen LogP contribution in [0.3, 0.4) is 0 Å². The van der Waals surface area contributed by atoms with Crippen molar-refractivity contribution in [1.82, 2.24) is 10.6 Å². The molecule has 2 fully saturated rings. The van der Waals surface area contributed by atoms with Gasteiger partial charge in [0.2, 0.25) is 5.91 Å². The van der Waals surface area contributed by atoms with Gasteiger partial charge in [-0.2, -0.15) is 0 Å². The van der Waals surface area contributed by atoms with Gasteiger partial charge in [-0.3, -0.25) is 4.79 Å². The molecule has 1 amide bonds. The van der Waals surface area contributed by atoms with Crippen molar-refractivity contribution in [3.8, 4) is 0 Å². The summed E-state index contributed by atoms with van der Waals surface area (Å²) < 4.78 is 0. The molecule has 1 atom stereocenters. The molecule has 1 heterocycles. The van der Waals surface area contributed by atoms with Gasteiger partial charge in [-0.25, -0.2) is 0 Å². The lowest BCUT2D eigenvalue weighted by atomic mass is 10.1. The molecule has 1 unspecified atom stereocenters. The normalized spacial score (nSPS) is 27.8. The van der Waals surface area contributed by atoms with Crippen LogP contribution in [0.15, 0.2) is 0 Å². The van der Waals surface area contributed by atoms with Crippen molar-refractivity contribution in [3.05, 3.63) is 0 Å². The highest BCUT2D eigenvalue weighted by molar-refractivity contribution is 5.85. The minimum atomic E-state index is 0. The summed E-state index contributed by atoms with van der Waals surface area (Å²) in [7, 11) is 0. The Balaban J connectivity index is 0.000000720. The minimum absolute atomic E-state index is 0. The Morgan fingerprint density at radius 3 is 2.58 bits per heavy atom. The molecule has 1 saturated carbocycles. The fraction of sp³-hybridized carbons (Fsp3) is 0.875. The fourth-order valence-corrected chi connectivity index (χ4v) is 1.43. The van der Waals surface area contributed by atoms with Gasteiger partial charge in [-0.1, -0.05) is 0 Å². The summed E-state index contributed by atoms with van der Waals surface area (Å²) in [6.45, 7) is 1.88. The average molecular weight is 191 g/mol. The standard InChI is InChI=1S/C8H14N2O.ClH/c11-8(10-7-1-2-7)6-3-4-9-5-6;/h6-7,9H,1-5H2,(H,10,11);1H. The molecule has 3 nitrogen and oxygen atoms in total. The van der Waals surface area contributed by atoms with Crippen molar-refractivity contribution < 1.29 is 4.79 Å². The number of carbonyl (C=O) groups excluding carboxylic acids is 1. The van der Waals surface area contributed by atoms with E-state index in [1.807, 2.05) is 0 Å². The lowest BCUT2D eigenvalue weighted by Crippen LogP contribution is -2.33. The molecular formula is C8H15ClN2O. The predicted octanol–water partition coefficient (Wildman–Crippen LogP) is 0.296. The summed E-state index contributed by atoms with van der Waals surface area (Å²) in [5.74, 6) is 0.508. The number of hydrogen-bond donors (Lipinski definition) is 2. The van der Waals surface area contributed by atoms with Crippen LogP contribution in [0.4, 0.5) is 0 Å². The number of rotatable bonds is 2. The zero-order valence-electron chi connectivity index (χ0n) is 7.01. The predicted molar refractivity (Wildman–Crippen MR) is 49.4 cm³/mol. The summed E-state index contributed by atoms with van der Waals surface area (Å²) in [6, 6.07) is 0.517. The van der Waals surface area contributed by atoms with Crippen molar-refractivity contribution >= 4 is 18.3 Å². The Labute approximate surface area is 78.7 Å². The molecular weight excluding hydrogens is 176 g/mol. The lowest BCUT2D eigenvalue weighted by Gasteiger charge is -2.07. The summed E-state index contributed by atoms with van der Waals surface area (Å²) in [4.78, 5) is 11.3. The van der Waals surface area contributed by atoms with Crippen LogP contribution >= 0.6 is 12.4 Å². The maximum Gasteiger partial charge on any atom is 0.224 e. The number of halogens is 1. The molecule has 0 radical (unpaired) electrons. The topological polar surface area (TPSA) is 41.1 Å². The molecule has 0 aromatic heterocycles. The molecule has 0 aromatic rings. The molecule has 0 aromatic carbocycles. The molecule has 4 heteroatoms. The van der Waals surface area contributed by atoms with Crippen molar-refractivity contribution in [2.24, 2.45) is 5.92 Å².